The molecule has 0 saturated heterocycles. The van der Waals surface area contributed by atoms with Crippen LogP contribution < -0.4 is 16.4 Å². The second-order valence-electron chi connectivity index (χ2n) is 8.40. The fourth-order valence-corrected chi connectivity index (χ4v) is 4.07. The summed E-state index contributed by atoms with van der Waals surface area (Å²) in [5.74, 6) is -1.50. The Morgan fingerprint density at radius 2 is 1.77 bits per heavy atom. The molecule has 3 heterocycles. The lowest BCUT2D eigenvalue weighted by molar-refractivity contribution is 0.0944. The maximum atomic E-state index is 14.7. The third-order valence-corrected chi connectivity index (χ3v) is 6.12. The summed E-state index contributed by atoms with van der Waals surface area (Å²) in [6, 6.07) is 19.6. The number of carbonyl (C=O) groups is 2. The van der Waals surface area contributed by atoms with Crippen LogP contribution in [0, 0.1) is 5.82 Å². The summed E-state index contributed by atoms with van der Waals surface area (Å²) >= 11 is 6.25. The molecule has 39 heavy (non-hydrogen) atoms. The average molecular weight is 542 g/mol. The van der Waals surface area contributed by atoms with Crippen LogP contribution in [-0.2, 0) is 6.54 Å². The van der Waals surface area contributed by atoms with E-state index in [1.807, 2.05) is 6.07 Å². The number of aromatic nitrogens is 4. The minimum Gasteiger partial charge on any atom is -0.397 e. The lowest BCUT2D eigenvalue weighted by Gasteiger charge is -2.11. The van der Waals surface area contributed by atoms with Gasteiger partial charge < -0.3 is 16.4 Å². The summed E-state index contributed by atoms with van der Waals surface area (Å²) in [4.78, 5) is 34.4. The number of nitrogen functional groups attached to an aromatic ring is 1. The molecule has 11 heteroatoms. The van der Waals surface area contributed by atoms with E-state index in [9.17, 15) is 14.0 Å². The Balaban J connectivity index is 1.45. The molecule has 194 valence electrons. The van der Waals surface area contributed by atoms with Gasteiger partial charge in [0, 0.05) is 30.6 Å². The van der Waals surface area contributed by atoms with Crippen molar-refractivity contribution < 1.29 is 14.0 Å². The molecule has 0 spiro atoms. The first-order chi connectivity index (χ1) is 18.9. The van der Waals surface area contributed by atoms with Crippen LogP contribution >= 0.6 is 11.6 Å². The number of rotatable bonds is 7. The summed E-state index contributed by atoms with van der Waals surface area (Å²) < 4.78 is 16.1. The predicted molar refractivity (Wildman–Crippen MR) is 146 cm³/mol. The Kier molecular flexibility index (Phi) is 7.28. The minimum absolute atomic E-state index is 0.0266. The summed E-state index contributed by atoms with van der Waals surface area (Å²) in [5, 5.41) is 9.84. The molecule has 0 unspecified atom stereocenters. The van der Waals surface area contributed by atoms with Gasteiger partial charge in [0.05, 0.1) is 33.9 Å². The number of carbonyl (C=O) groups excluding carboxylic acids is 2. The Bertz CT molecular complexity index is 1660. The van der Waals surface area contributed by atoms with E-state index in [4.69, 9.17) is 17.3 Å². The molecular weight excluding hydrogens is 521 g/mol. The molecule has 0 aliphatic carbocycles. The quantitative estimate of drug-likeness (QED) is 0.269. The van der Waals surface area contributed by atoms with Crippen molar-refractivity contribution in [1.82, 2.24) is 25.1 Å². The number of para-hydroxylation sites is 1. The molecule has 2 aromatic carbocycles. The van der Waals surface area contributed by atoms with Crippen LogP contribution in [0.25, 0.3) is 16.9 Å². The van der Waals surface area contributed by atoms with E-state index >= 15 is 0 Å². The fourth-order valence-electron chi connectivity index (χ4n) is 3.83. The normalized spacial score (nSPS) is 10.7. The van der Waals surface area contributed by atoms with Gasteiger partial charge in [0.15, 0.2) is 5.69 Å². The van der Waals surface area contributed by atoms with Crippen molar-refractivity contribution in [2.24, 2.45) is 0 Å². The summed E-state index contributed by atoms with van der Waals surface area (Å²) in [6.07, 6.45) is 4.60. The first-order valence-electron chi connectivity index (χ1n) is 11.7. The molecule has 0 radical (unpaired) electrons. The van der Waals surface area contributed by atoms with Crippen LogP contribution in [0.2, 0.25) is 5.02 Å². The van der Waals surface area contributed by atoms with Crippen molar-refractivity contribution in [3.8, 4) is 16.9 Å². The third-order valence-electron chi connectivity index (χ3n) is 5.81. The minimum atomic E-state index is -0.620. The Labute approximate surface area is 227 Å². The highest BCUT2D eigenvalue weighted by molar-refractivity contribution is 6.34. The largest absolute Gasteiger partial charge is 0.397 e. The molecule has 0 saturated carbocycles. The second kappa shape index (κ2) is 11.1. The van der Waals surface area contributed by atoms with Crippen molar-refractivity contribution in [2.75, 3.05) is 11.1 Å². The Morgan fingerprint density at radius 1 is 0.974 bits per heavy atom. The van der Waals surface area contributed by atoms with Crippen molar-refractivity contribution >= 4 is 34.9 Å². The number of nitrogens with zero attached hydrogens (tertiary/aromatic N) is 4. The van der Waals surface area contributed by atoms with E-state index in [-0.39, 0.29) is 34.2 Å². The molecular formula is C28H21ClFN7O2. The highest BCUT2D eigenvalue weighted by Gasteiger charge is 2.21. The zero-order valence-electron chi connectivity index (χ0n) is 20.3. The van der Waals surface area contributed by atoms with Crippen molar-refractivity contribution in [1.29, 1.82) is 0 Å². The highest BCUT2D eigenvalue weighted by atomic mass is 35.5. The Morgan fingerprint density at radius 3 is 2.51 bits per heavy atom. The summed E-state index contributed by atoms with van der Waals surface area (Å²) in [6.45, 7) is 0.161. The number of hydrogen-bond acceptors (Lipinski definition) is 6. The topological polar surface area (TPSA) is 128 Å². The van der Waals surface area contributed by atoms with Crippen molar-refractivity contribution in [2.45, 2.75) is 6.54 Å². The molecule has 4 N–H and O–H groups in total. The van der Waals surface area contributed by atoms with Gasteiger partial charge >= 0.3 is 0 Å². The summed E-state index contributed by atoms with van der Waals surface area (Å²) in [7, 11) is 0. The van der Waals surface area contributed by atoms with E-state index in [1.165, 1.54) is 29.2 Å². The maximum Gasteiger partial charge on any atom is 0.272 e. The molecule has 0 aliphatic rings. The molecule has 5 rings (SSSR count). The van der Waals surface area contributed by atoms with Crippen molar-refractivity contribution in [3.05, 3.63) is 119 Å². The van der Waals surface area contributed by atoms with Gasteiger partial charge in [-0.05, 0) is 48.0 Å². The van der Waals surface area contributed by atoms with Gasteiger partial charge in [0.25, 0.3) is 11.8 Å². The number of benzene rings is 2. The molecule has 9 nitrogen and oxygen atoms in total. The van der Waals surface area contributed by atoms with E-state index in [2.05, 4.69) is 25.7 Å². The zero-order chi connectivity index (χ0) is 27.4. The SMILES string of the molecule is Nc1cnccc1CNC(=O)c1cc(NC(=O)c2cc(-c3ccccn3)c(F)cc2Cl)n(-c2ccccc2)n1. The molecule has 0 bridgehead atoms. The number of hydrogen-bond donors (Lipinski definition) is 3. The van der Waals surface area contributed by atoms with Gasteiger partial charge in [0.1, 0.15) is 11.6 Å². The third kappa shape index (κ3) is 5.60. The van der Waals surface area contributed by atoms with Crippen LogP contribution in [0.1, 0.15) is 26.4 Å². The lowest BCUT2D eigenvalue weighted by Crippen LogP contribution is -2.24. The first-order valence-corrected chi connectivity index (χ1v) is 12.1. The molecule has 5 aromatic rings. The zero-order valence-corrected chi connectivity index (χ0v) is 21.1. The smallest absolute Gasteiger partial charge is 0.272 e. The predicted octanol–water partition coefficient (Wildman–Crippen LogP) is 4.89. The van der Waals surface area contributed by atoms with Gasteiger partial charge in [-0.15, -0.1) is 0 Å². The van der Waals surface area contributed by atoms with Crippen LogP contribution in [-0.4, -0.2) is 31.6 Å². The number of halogens is 2. The van der Waals surface area contributed by atoms with Crippen LogP contribution in [0.15, 0.2) is 91.4 Å². The fraction of sp³-hybridized carbons (Fsp3) is 0.0357. The van der Waals surface area contributed by atoms with Crippen molar-refractivity contribution in [3.63, 3.8) is 0 Å². The molecule has 0 atom stereocenters. The van der Waals surface area contributed by atoms with E-state index in [0.29, 0.717) is 22.6 Å². The average Bonchev–Trinajstić information content (AvgIpc) is 3.37. The molecule has 0 fully saturated rings. The van der Waals surface area contributed by atoms with Gasteiger partial charge in [-0.2, -0.15) is 5.10 Å². The standard InChI is InChI=1S/C28H21ClFN7O2/c29-21-13-22(30)20(24-8-4-5-10-33-24)12-19(21)27(38)35-26-14-25(36-37(26)18-6-2-1-3-7-18)28(39)34-15-17-9-11-32-16-23(17)31/h1-14,16H,15,31H2,(H,34,39)(H,35,38). The number of nitrogens with one attached hydrogen (secondary N) is 2. The maximum absolute atomic E-state index is 14.7. The van der Waals surface area contributed by atoms with E-state index in [0.717, 1.165) is 6.07 Å². The lowest BCUT2D eigenvalue weighted by atomic mass is 10.1. The molecule has 0 aliphatic heterocycles. The molecule has 3 aromatic heterocycles. The highest BCUT2D eigenvalue weighted by Crippen LogP contribution is 2.28. The van der Waals surface area contributed by atoms with Crippen LogP contribution in [0.4, 0.5) is 15.9 Å². The second-order valence-corrected chi connectivity index (χ2v) is 8.81. The van der Waals surface area contributed by atoms with Gasteiger partial charge in [-0.1, -0.05) is 35.9 Å². The first kappa shape index (κ1) is 25.6. The Hall–Kier alpha value is -5.09. The number of amides is 2. The van der Waals surface area contributed by atoms with Crippen LogP contribution in [0.3, 0.4) is 0 Å². The van der Waals surface area contributed by atoms with Crippen LogP contribution in [0.5, 0.6) is 0 Å². The molecule has 2 amide bonds. The van der Waals surface area contributed by atoms with E-state index < -0.39 is 17.6 Å². The van der Waals surface area contributed by atoms with Gasteiger partial charge in [-0.25, -0.2) is 9.07 Å². The monoisotopic (exact) mass is 541 g/mol. The summed E-state index contributed by atoms with van der Waals surface area (Å²) in [5.41, 5.74) is 8.21. The number of nitrogens with two attached hydrogens (primary N) is 1. The number of pyridine rings is 2. The van der Waals surface area contributed by atoms with Gasteiger partial charge in [0.2, 0.25) is 0 Å². The van der Waals surface area contributed by atoms with E-state index in [1.54, 1.807) is 54.7 Å². The van der Waals surface area contributed by atoms with Gasteiger partial charge in [-0.3, -0.25) is 19.6 Å². The number of anilines is 2.